The van der Waals surface area contributed by atoms with E-state index in [4.69, 9.17) is 9.47 Å². The Morgan fingerprint density at radius 1 is 1.40 bits per heavy atom. The molecule has 2 aromatic rings. The van der Waals surface area contributed by atoms with Crippen molar-refractivity contribution in [3.63, 3.8) is 0 Å². The zero-order chi connectivity index (χ0) is 18.2. The van der Waals surface area contributed by atoms with Crippen LogP contribution in [0.15, 0.2) is 42.1 Å². The normalized spacial score (nSPS) is 11.8. The molecule has 6 nitrogen and oxygen atoms in total. The molecule has 0 saturated carbocycles. The smallest absolute Gasteiger partial charge is 0.316 e. The Hall–Kier alpha value is -2.28. The van der Waals surface area contributed by atoms with Crippen LogP contribution in [-0.4, -0.2) is 33.1 Å². The van der Waals surface area contributed by atoms with Crippen molar-refractivity contribution >= 4 is 17.7 Å². The number of ether oxygens (including phenoxy) is 2. The van der Waals surface area contributed by atoms with Crippen LogP contribution in [0, 0.1) is 6.92 Å². The Kier molecular flexibility index (Phi) is 7.06. The molecule has 0 fully saturated rings. The third kappa shape index (κ3) is 5.09. The molecule has 0 amide bonds. The topological polar surface area (TPSA) is 66.2 Å². The fraction of sp³-hybridized carbons (Fsp3) is 0.389. The van der Waals surface area contributed by atoms with Crippen LogP contribution in [0.1, 0.15) is 31.3 Å². The van der Waals surface area contributed by atoms with E-state index >= 15 is 0 Å². The summed E-state index contributed by atoms with van der Waals surface area (Å²) in [5.74, 6) is 1.42. The fourth-order valence-electron chi connectivity index (χ4n) is 2.27. The van der Waals surface area contributed by atoms with E-state index in [9.17, 15) is 4.79 Å². The second-order valence-electron chi connectivity index (χ2n) is 5.36. The van der Waals surface area contributed by atoms with E-state index in [0.717, 1.165) is 11.3 Å². The van der Waals surface area contributed by atoms with Crippen LogP contribution in [0.5, 0.6) is 5.75 Å². The number of nitrogens with zero attached hydrogens (tertiary/aromatic N) is 3. The van der Waals surface area contributed by atoms with E-state index in [0.29, 0.717) is 24.1 Å². The highest BCUT2D eigenvalue weighted by Crippen LogP contribution is 2.26. The summed E-state index contributed by atoms with van der Waals surface area (Å²) < 4.78 is 12.9. The predicted molar refractivity (Wildman–Crippen MR) is 97.8 cm³/mol. The van der Waals surface area contributed by atoms with Gasteiger partial charge in [-0.05, 0) is 32.4 Å². The molecule has 1 atom stereocenters. The fourth-order valence-corrected chi connectivity index (χ4v) is 3.02. The van der Waals surface area contributed by atoms with E-state index in [2.05, 4.69) is 16.8 Å². The molecule has 0 N–H and O–H groups in total. The van der Waals surface area contributed by atoms with Crippen molar-refractivity contribution in [2.45, 2.75) is 38.6 Å². The molecule has 1 aromatic heterocycles. The number of aromatic nitrogens is 3. The number of rotatable bonds is 9. The molecule has 0 saturated heterocycles. The van der Waals surface area contributed by atoms with Gasteiger partial charge in [0.05, 0.1) is 12.4 Å². The molecule has 25 heavy (non-hydrogen) atoms. The van der Waals surface area contributed by atoms with Crippen molar-refractivity contribution < 1.29 is 14.3 Å². The highest BCUT2D eigenvalue weighted by Gasteiger charge is 2.20. The molecule has 0 aliphatic carbocycles. The number of carbonyl (C=O) groups excluding carboxylic acids is 1. The van der Waals surface area contributed by atoms with Gasteiger partial charge in [-0.1, -0.05) is 36.0 Å². The summed E-state index contributed by atoms with van der Waals surface area (Å²) >= 11 is 1.29. The minimum atomic E-state index is -0.287. The number of esters is 1. The first-order valence-electron chi connectivity index (χ1n) is 8.11. The molecule has 0 aliphatic rings. The van der Waals surface area contributed by atoms with Gasteiger partial charge in [0, 0.05) is 6.54 Å². The van der Waals surface area contributed by atoms with E-state index < -0.39 is 0 Å². The van der Waals surface area contributed by atoms with E-state index in [1.54, 1.807) is 13.0 Å². The molecule has 1 heterocycles. The van der Waals surface area contributed by atoms with Crippen LogP contribution >= 0.6 is 11.8 Å². The van der Waals surface area contributed by atoms with Crippen LogP contribution in [0.3, 0.4) is 0 Å². The van der Waals surface area contributed by atoms with Crippen molar-refractivity contribution in [1.82, 2.24) is 14.8 Å². The molecule has 1 aromatic carbocycles. The largest absolute Gasteiger partial charge is 0.482 e. The first kappa shape index (κ1) is 19.1. The van der Waals surface area contributed by atoms with Gasteiger partial charge in [0.2, 0.25) is 0 Å². The Bertz CT molecular complexity index is 730. The summed E-state index contributed by atoms with van der Waals surface area (Å²) in [6, 6.07) is 7.83. The van der Waals surface area contributed by atoms with Crippen LogP contribution in [0.4, 0.5) is 0 Å². The molecule has 2 rings (SSSR count). The maximum absolute atomic E-state index is 11.6. The summed E-state index contributed by atoms with van der Waals surface area (Å²) in [5.41, 5.74) is 1.06. The number of hydrogen-bond donors (Lipinski definition) is 0. The highest BCUT2D eigenvalue weighted by molar-refractivity contribution is 7.99. The van der Waals surface area contributed by atoms with Crippen molar-refractivity contribution in [2.24, 2.45) is 0 Å². The van der Waals surface area contributed by atoms with Gasteiger partial charge in [-0.25, -0.2) is 0 Å². The van der Waals surface area contributed by atoms with Crippen molar-refractivity contribution in [1.29, 1.82) is 0 Å². The molecular formula is C18H23N3O3S. The predicted octanol–water partition coefficient (Wildman–Crippen LogP) is 3.57. The first-order valence-corrected chi connectivity index (χ1v) is 9.10. The molecule has 7 heteroatoms. The Labute approximate surface area is 152 Å². The van der Waals surface area contributed by atoms with Crippen LogP contribution < -0.4 is 4.74 Å². The van der Waals surface area contributed by atoms with Gasteiger partial charge in [-0.2, -0.15) is 0 Å². The second kappa shape index (κ2) is 9.27. The van der Waals surface area contributed by atoms with Crippen LogP contribution in [0.2, 0.25) is 0 Å². The number of carbonyl (C=O) groups is 1. The molecule has 0 aliphatic heterocycles. The van der Waals surface area contributed by atoms with Gasteiger partial charge in [-0.15, -0.1) is 16.8 Å². The Morgan fingerprint density at radius 3 is 2.84 bits per heavy atom. The number of allylic oxidation sites excluding steroid dienone is 1. The summed E-state index contributed by atoms with van der Waals surface area (Å²) in [4.78, 5) is 11.6. The highest BCUT2D eigenvalue weighted by atomic mass is 32.2. The number of para-hydroxylation sites is 1. The van der Waals surface area contributed by atoms with Gasteiger partial charge < -0.3 is 9.47 Å². The van der Waals surface area contributed by atoms with Gasteiger partial charge >= 0.3 is 5.97 Å². The molecule has 134 valence electrons. The van der Waals surface area contributed by atoms with Crippen molar-refractivity contribution in [3.05, 3.63) is 48.3 Å². The van der Waals surface area contributed by atoms with Crippen LogP contribution in [-0.2, 0) is 16.1 Å². The third-order valence-electron chi connectivity index (χ3n) is 3.44. The first-order chi connectivity index (χ1) is 12.1. The average molecular weight is 361 g/mol. The monoisotopic (exact) mass is 361 g/mol. The van der Waals surface area contributed by atoms with Gasteiger partial charge in [0.25, 0.3) is 0 Å². The summed E-state index contributed by atoms with van der Waals surface area (Å²) in [5, 5.41) is 9.09. The second-order valence-corrected chi connectivity index (χ2v) is 6.30. The van der Waals surface area contributed by atoms with Gasteiger partial charge in [0.15, 0.2) is 17.1 Å². The number of benzene rings is 1. The number of hydrogen-bond acceptors (Lipinski definition) is 6. The SMILES string of the molecule is C=CCn1c(SCC(=O)OCC)nnc1C(C)Oc1ccccc1C. The summed E-state index contributed by atoms with van der Waals surface area (Å²) in [6.07, 6.45) is 1.48. The van der Waals surface area contributed by atoms with E-state index in [1.165, 1.54) is 11.8 Å². The standard InChI is InChI=1S/C18H23N3O3S/c1-5-11-21-17(14(4)24-15-10-8-7-9-13(15)3)19-20-18(21)25-12-16(22)23-6-2/h5,7-10,14H,1,6,11-12H2,2-4H3. The molecule has 0 radical (unpaired) electrons. The Morgan fingerprint density at radius 2 is 2.16 bits per heavy atom. The van der Waals surface area contributed by atoms with Crippen molar-refractivity contribution in [3.8, 4) is 5.75 Å². The minimum absolute atomic E-state index is 0.191. The summed E-state index contributed by atoms with van der Waals surface area (Å²) in [7, 11) is 0. The quantitative estimate of drug-likeness (QED) is 0.386. The third-order valence-corrected chi connectivity index (χ3v) is 4.38. The number of thioether (sulfide) groups is 1. The number of aryl methyl sites for hydroxylation is 1. The van der Waals surface area contributed by atoms with Crippen molar-refractivity contribution in [2.75, 3.05) is 12.4 Å². The lowest BCUT2D eigenvalue weighted by atomic mass is 10.2. The lowest BCUT2D eigenvalue weighted by Gasteiger charge is -2.17. The maximum Gasteiger partial charge on any atom is 0.316 e. The maximum atomic E-state index is 11.6. The lowest BCUT2D eigenvalue weighted by molar-refractivity contribution is -0.139. The zero-order valence-corrected chi connectivity index (χ0v) is 15.6. The minimum Gasteiger partial charge on any atom is -0.482 e. The molecule has 0 spiro atoms. The van der Waals surface area contributed by atoms with Gasteiger partial charge in [0.1, 0.15) is 5.75 Å². The molecular weight excluding hydrogens is 338 g/mol. The zero-order valence-electron chi connectivity index (χ0n) is 14.8. The average Bonchev–Trinajstić information content (AvgIpc) is 2.98. The lowest BCUT2D eigenvalue weighted by Crippen LogP contribution is -2.13. The Balaban J connectivity index is 2.15. The summed E-state index contributed by atoms with van der Waals surface area (Å²) in [6.45, 7) is 10.4. The van der Waals surface area contributed by atoms with Gasteiger partial charge in [-0.3, -0.25) is 9.36 Å². The van der Waals surface area contributed by atoms with Crippen LogP contribution in [0.25, 0.3) is 0 Å². The molecule has 1 unspecified atom stereocenters. The molecule has 0 bridgehead atoms. The van der Waals surface area contributed by atoms with E-state index in [-0.39, 0.29) is 17.8 Å². The van der Waals surface area contributed by atoms with E-state index in [1.807, 2.05) is 42.7 Å².